The highest BCUT2D eigenvalue weighted by Gasteiger charge is 2.17. The fraction of sp³-hybridized carbons (Fsp3) is 0.500. The Kier molecular flexibility index (Phi) is 7.85. The smallest absolute Gasteiger partial charge is 0.259 e. The van der Waals surface area contributed by atoms with E-state index in [9.17, 15) is 9.59 Å². The van der Waals surface area contributed by atoms with Crippen molar-refractivity contribution in [3.05, 3.63) is 24.3 Å². The summed E-state index contributed by atoms with van der Waals surface area (Å²) in [4.78, 5) is 24.8. The molecule has 1 aromatic carbocycles. The van der Waals surface area contributed by atoms with Crippen molar-refractivity contribution in [3.8, 4) is 5.75 Å². The molecule has 1 atom stereocenters. The Morgan fingerprint density at radius 3 is 2.57 bits per heavy atom. The lowest BCUT2D eigenvalue weighted by Crippen LogP contribution is -2.27. The number of carbonyl (C=O) groups is 2. The maximum absolute atomic E-state index is 11.9. The molecule has 1 heterocycles. The number of hydrogen-bond acceptors (Lipinski definition) is 4. The number of ether oxygens (including phenoxy) is 1. The molecule has 0 spiro atoms. The molecule has 2 amide bonds. The van der Waals surface area contributed by atoms with E-state index in [1.54, 1.807) is 38.4 Å². The summed E-state index contributed by atoms with van der Waals surface area (Å²) in [5.74, 6) is 0.517. The maximum Gasteiger partial charge on any atom is 0.259 e. The monoisotopic (exact) mass is 341 g/mol. The molecule has 0 aromatic heterocycles. The summed E-state index contributed by atoms with van der Waals surface area (Å²) in [6.07, 6.45) is 2.69. The predicted octanol–water partition coefficient (Wildman–Crippen LogP) is 1.66. The standard InChI is InChI=1S/C16H23N3O3.ClH/c1-19(2)16(21)11-22-14-7-5-12(6-8-14)18-15(20)10-13-4-3-9-17-13;/h5-8,13,17H,3-4,9-11H2,1-2H3,(H,18,20);1H. The van der Waals surface area contributed by atoms with Gasteiger partial charge in [-0.15, -0.1) is 12.4 Å². The highest BCUT2D eigenvalue weighted by Crippen LogP contribution is 2.17. The maximum atomic E-state index is 11.9. The van der Waals surface area contributed by atoms with E-state index < -0.39 is 0 Å². The lowest BCUT2D eigenvalue weighted by Gasteiger charge is -2.12. The Hall–Kier alpha value is -1.79. The second-order valence-electron chi connectivity index (χ2n) is 5.65. The molecule has 7 heteroatoms. The lowest BCUT2D eigenvalue weighted by atomic mass is 10.1. The number of carbonyl (C=O) groups excluding carboxylic acids is 2. The van der Waals surface area contributed by atoms with Gasteiger partial charge in [0.2, 0.25) is 5.91 Å². The van der Waals surface area contributed by atoms with Crippen molar-refractivity contribution in [1.82, 2.24) is 10.2 Å². The van der Waals surface area contributed by atoms with E-state index in [1.165, 1.54) is 4.90 Å². The number of amides is 2. The first-order valence-electron chi connectivity index (χ1n) is 7.51. The zero-order valence-electron chi connectivity index (χ0n) is 13.5. The molecule has 128 valence electrons. The molecular weight excluding hydrogens is 318 g/mol. The Morgan fingerprint density at radius 1 is 1.30 bits per heavy atom. The SMILES string of the molecule is CN(C)C(=O)COc1ccc(NC(=O)CC2CCCN2)cc1.Cl. The van der Waals surface area contributed by atoms with Gasteiger partial charge in [-0.1, -0.05) is 0 Å². The van der Waals surface area contributed by atoms with Gasteiger partial charge in [-0.05, 0) is 43.7 Å². The van der Waals surface area contributed by atoms with Gasteiger partial charge in [0.05, 0.1) is 0 Å². The Labute approximate surface area is 143 Å². The van der Waals surface area contributed by atoms with Gasteiger partial charge in [-0.2, -0.15) is 0 Å². The molecule has 6 nitrogen and oxygen atoms in total. The van der Waals surface area contributed by atoms with Crippen molar-refractivity contribution in [2.75, 3.05) is 32.6 Å². The summed E-state index contributed by atoms with van der Waals surface area (Å²) < 4.78 is 5.38. The van der Waals surface area contributed by atoms with E-state index in [0.717, 1.165) is 25.1 Å². The number of rotatable bonds is 6. The fourth-order valence-electron chi connectivity index (χ4n) is 2.28. The van der Waals surface area contributed by atoms with Crippen LogP contribution in [-0.4, -0.2) is 50.0 Å². The second-order valence-corrected chi connectivity index (χ2v) is 5.65. The molecule has 1 aliphatic rings. The van der Waals surface area contributed by atoms with Gasteiger partial charge in [-0.25, -0.2) is 0 Å². The Balaban J connectivity index is 0.00000264. The van der Waals surface area contributed by atoms with Crippen LogP contribution in [-0.2, 0) is 9.59 Å². The molecule has 2 rings (SSSR count). The molecule has 1 unspecified atom stereocenters. The fourth-order valence-corrected chi connectivity index (χ4v) is 2.28. The largest absolute Gasteiger partial charge is 0.484 e. The van der Waals surface area contributed by atoms with Crippen molar-refractivity contribution in [2.24, 2.45) is 0 Å². The van der Waals surface area contributed by atoms with E-state index in [2.05, 4.69) is 10.6 Å². The molecular formula is C16H24ClN3O3. The minimum atomic E-state index is -0.0959. The van der Waals surface area contributed by atoms with Crippen LogP contribution in [0.2, 0.25) is 0 Å². The number of nitrogens with zero attached hydrogens (tertiary/aromatic N) is 1. The highest BCUT2D eigenvalue weighted by molar-refractivity contribution is 5.91. The van der Waals surface area contributed by atoms with Gasteiger partial charge in [-0.3, -0.25) is 9.59 Å². The van der Waals surface area contributed by atoms with Crippen LogP contribution >= 0.6 is 12.4 Å². The van der Waals surface area contributed by atoms with Crippen LogP contribution in [0.5, 0.6) is 5.75 Å². The van der Waals surface area contributed by atoms with E-state index in [0.29, 0.717) is 18.2 Å². The number of halogens is 1. The predicted molar refractivity (Wildman–Crippen MR) is 92.2 cm³/mol. The first kappa shape index (κ1) is 19.3. The molecule has 1 saturated heterocycles. The van der Waals surface area contributed by atoms with Gasteiger partial charge in [0.15, 0.2) is 6.61 Å². The number of likely N-dealkylation sites (N-methyl/N-ethyl adjacent to an activating group) is 1. The summed E-state index contributed by atoms with van der Waals surface area (Å²) >= 11 is 0. The summed E-state index contributed by atoms with van der Waals surface area (Å²) in [7, 11) is 3.37. The first-order valence-corrected chi connectivity index (χ1v) is 7.51. The van der Waals surface area contributed by atoms with Crippen molar-refractivity contribution >= 4 is 29.9 Å². The molecule has 0 aliphatic carbocycles. The van der Waals surface area contributed by atoms with Crippen molar-refractivity contribution in [2.45, 2.75) is 25.3 Å². The molecule has 1 aromatic rings. The first-order chi connectivity index (χ1) is 10.5. The summed E-state index contributed by atoms with van der Waals surface area (Å²) in [6.45, 7) is 1.00. The third kappa shape index (κ3) is 6.46. The Bertz CT molecular complexity index is 514. The van der Waals surface area contributed by atoms with Crippen LogP contribution in [0.3, 0.4) is 0 Å². The van der Waals surface area contributed by atoms with E-state index >= 15 is 0 Å². The second kappa shape index (κ2) is 9.37. The van der Waals surface area contributed by atoms with Crippen LogP contribution in [0.1, 0.15) is 19.3 Å². The molecule has 1 aliphatic heterocycles. The minimum absolute atomic E-state index is 0. The quantitative estimate of drug-likeness (QED) is 0.825. The normalized spacial score (nSPS) is 16.3. The van der Waals surface area contributed by atoms with Crippen LogP contribution in [0, 0.1) is 0 Å². The zero-order chi connectivity index (χ0) is 15.9. The molecule has 0 bridgehead atoms. The zero-order valence-corrected chi connectivity index (χ0v) is 14.3. The molecule has 0 radical (unpaired) electrons. The average Bonchev–Trinajstić information content (AvgIpc) is 2.98. The molecule has 2 N–H and O–H groups in total. The third-order valence-electron chi connectivity index (χ3n) is 3.59. The van der Waals surface area contributed by atoms with E-state index in [1.807, 2.05) is 0 Å². The summed E-state index contributed by atoms with van der Waals surface area (Å²) in [5.41, 5.74) is 0.731. The van der Waals surface area contributed by atoms with Gasteiger partial charge >= 0.3 is 0 Å². The highest BCUT2D eigenvalue weighted by atomic mass is 35.5. The van der Waals surface area contributed by atoms with Gasteiger partial charge < -0.3 is 20.3 Å². The van der Waals surface area contributed by atoms with Gasteiger partial charge in [0.25, 0.3) is 5.91 Å². The molecule has 1 fully saturated rings. The van der Waals surface area contributed by atoms with Crippen LogP contribution in [0.15, 0.2) is 24.3 Å². The van der Waals surface area contributed by atoms with E-state index in [-0.39, 0.29) is 30.8 Å². The van der Waals surface area contributed by atoms with Gasteiger partial charge in [0, 0.05) is 32.2 Å². The number of anilines is 1. The number of benzene rings is 1. The topological polar surface area (TPSA) is 70.7 Å². The molecule has 23 heavy (non-hydrogen) atoms. The van der Waals surface area contributed by atoms with E-state index in [4.69, 9.17) is 4.74 Å². The average molecular weight is 342 g/mol. The van der Waals surface area contributed by atoms with Crippen molar-refractivity contribution in [1.29, 1.82) is 0 Å². The van der Waals surface area contributed by atoms with Crippen LogP contribution in [0.25, 0.3) is 0 Å². The van der Waals surface area contributed by atoms with Crippen molar-refractivity contribution < 1.29 is 14.3 Å². The molecule has 0 saturated carbocycles. The van der Waals surface area contributed by atoms with Crippen molar-refractivity contribution in [3.63, 3.8) is 0 Å². The minimum Gasteiger partial charge on any atom is -0.484 e. The number of nitrogens with one attached hydrogen (secondary N) is 2. The summed E-state index contributed by atoms with van der Waals surface area (Å²) in [6, 6.07) is 7.32. The van der Waals surface area contributed by atoms with Crippen LogP contribution < -0.4 is 15.4 Å². The lowest BCUT2D eigenvalue weighted by molar-refractivity contribution is -0.130. The Morgan fingerprint density at radius 2 is 2.00 bits per heavy atom. The summed E-state index contributed by atoms with van der Waals surface area (Å²) in [5, 5.41) is 6.17. The van der Waals surface area contributed by atoms with Crippen LogP contribution in [0.4, 0.5) is 5.69 Å². The third-order valence-corrected chi connectivity index (χ3v) is 3.59. The van der Waals surface area contributed by atoms with Gasteiger partial charge in [0.1, 0.15) is 5.75 Å². The number of hydrogen-bond donors (Lipinski definition) is 2.